The quantitative estimate of drug-likeness (QED) is 0.494. The maximum atomic E-state index is 2.31. The van der Waals surface area contributed by atoms with Gasteiger partial charge in [-0.3, -0.25) is 0 Å². The summed E-state index contributed by atoms with van der Waals surface area (Å²) in [6.07, 6.45) is 15.8. The predicted octanol–water partition coefficient (Wildman–Crippen LogP) is 3.70. The van der Waals surface area contributed by atoms with Gasteiger partial charge in [0.1, 0.15) is 0 Å². The summed E-state index contributed by atoms with van der Waals surface area (Å²) in [6.45, 7) is 2.30. The Labute approximate surface area is 70.0 Å². The fraction of sp³-hybridized carbons (Fsp3) is 0.636. The number of hydrogen-bond acceptors (Lipinski definition) is 0. The molecule has 0 saturated heterocycles. The molecule has 0 radical (unpaired) electrons. The first-order valence-electron chi connectivity index (χ1n) is 4.73. The first-order valence-corrected chi connectivity index (χ1v) is 4.73. The van der Waals surface area contributed by atoms with Crippen molar-refractivity contribution in [2.75, 3.05) is 0 Å². The van der Waals surface area contributed by atoms with Gasteiger partial charge in [0.15, 0.2) is 0 Å². The second-order valence-electron chi connectivity index (χ2n) is 3.43. The highest BCUT2D eigenvalue weighted by Gasteiger charge is 1.96. The summed E-state index contributed by atoms with van der Waals surface area (Å²) in [5.41, 5.74) is 0. The van der Waals surface area contributed by atoms with Gasteiger partial charge in [0.2, 0.25) is 0 Å². The molecule has 1 aliphatic carbocycles. The summed E-state index contributed by atoms with van der Waals surface area (Å²) in [7, 11) is 0. The molecule has 0 bridgehead atoms. The standard InChI is InChI=1S/C11H18/c1-11-9-7-5-3-2-4-6-8-10-11/h3,5,7,9,11H,2,4,6,8,10H2,1H3/b5-3-,9-7-. The van der Waals surface area contributed by atoms with Crippen LogP contribution in [0.25, 0.3) is 0 Å². The molecule has 1 unspecified atom stereocenters. The van der Waals surface area contributed by atoms with Gasteiger partial charge in [-0.1, -0.05) is 44.1 Å². The summed E-state index contributed by atoms with van der Waals surface area (Å²) < 4.78 is 0. The van der Waals surface area contributed by atoms with Crippen molar-refractivity contribution in [2.24, 2.45) is 5.92 Å². The third-order valence-corrected chi connectivity index (χ3v) is 2.22. The van der Waals surface area contributed by atoms with E-state index in [-0.39, 0.29) is 0 Å². The van der Waals surface area contributed by atoms with Crippen LogP contribution in [0.5, 0.6) is 0 Å². The summed E-state index contributed by atoms with van der Waals surface area (Å²) >= 11 is 0. The Morgan fingerprint density at radius 3 is 2.91 bits per heavy atom. The fourth-order valence-corrected chi connectivity index (χ4v) is 1.43. The maximum absolute atomic E-state index is 2.31. The van der Waals surface area contributed by atoms with E-state index in [1.54, 1.807) is 0 Å². The van der Waals surface area contributed by atoms with Crippen LogP contribution in [0.15, 0.2) is 24.3 Å². The highest BCUT2D eigenvalue weighted by molar-refractivity contribution is 5.04. The lowest BCUT2D eigenvalue weighted by Gasteiger charge is -2.05. The van der Waals surface area contributed by atoms with Gasteiger partial charge in [0.25, 0.3) is 0 Å². The zero-order valence-corrected chi connectivity index (χ0v) is 7.42. The Kier molecular flexibility index (Phi) is 4.03. The first kappa shape index (κ1) is 8.58. The van der Waals surface area contributed by atoms with E-state index in [1.807, 2.05) is 0 Å². The van der Waals surface area contributed by atoms with Crippen molar-refractivity contribution in [3.8, 4) is 0 Å². The molecule has 1 atom stereocenters. The molecule has 0 spiro atoms. The van der Waals surface area contributed by atoms with Crippen molar-refractivity contribution < 1.29 is 0 Å². The minimum absolute atomic E-state index is 0.776. The second kappa shape index (κ2) is 5.17. The molecule has 0 aromatic carbocycles. The molecular weight excluding hydrogens is 132 g/mol. The van der Waals surface area contributed by atoms with Gasteiger partial charge in [0, 0.05) is 0 Å². The molecule has 11 heavy (non-hydrogen) atoms. The lowest BCUT2D eigenvalue weighted by Crippen LogP contribution is -1.90. The second-order valence-corrected chi connectivity index (χ2v) is 3.43. The molecule has 1 rings (SSSR count). The first-order chi connectivity index (χ1) is 5.39. The average Bonchev–Trinajstić information content (AvgIpc) is 2.03. The number of allylic oxidation sites excluding steroid dienone is 4. The number of hydrogen-bond donors (Lipinski definition) is 0. The summed E-state index contributed by atoms with van der Waals surface area (Å²) in [4.78, 5) is 0. The molecule has 62 valence electrons. The van der Waals surface area contributed by atoms with Crippen molar-refractivity contribution >= 4 is 0 Å². The monoisotopic (exact) mass is 150 g/mol. The third kappa shape index (κ3) is 4.02. The molecule has 0 aliphatic heterocycles. The zero-order chi connectivity index (χ0) is 7.94. The topological polar surface area (TPSA) is 0 Å². The minimum Gasteiger partial charge on any atom is -0.0845 e. The Bertz CT molecular complexity index is 142. The van der Waals surface area contributed by atoms with Crippen LogP contribution in [-0.4, -0.2) is 0 Å². The van der Waals surface area contributed by atoms with Gasteiger partial charge in [-0.15, -0.1) is 0 Å². The van der Waals surface area contributed by atoms with E-state index < -0.39 is 0 Å². The lowest BCUT2D eigenvalue weighted by atomic mass is 10.0. The Balaban J connectivity index is 2.38. The molecule has 0 saturated carbocycles. The average molecular weight is 150 g/mol. The van der Waals surface area contributed by atoms with Gasteiger partial charge in [-0.05, 0) is 25.2 Å². The smallest absolute Gasteiger partial charge is 0.0259 e. The molecule has 0 heterocycles. The van der Waals surface area contributed by atoms with Crippen molar-refractivity contribution in [2.45, 2.75) is 39.0 Å². The fourth-order valence-electron chi connectivity index (χ4n) is 1.43. The largest absolute Gasteiger partial charge is 0.0845 e. The highest BCUT2D eigenvalue weighted by atomic mass is 14.0. The molecule has 0 nitrogen and oxygen atoms in total. The van der Waals surface area contributed by atoms with E-state index in [0.717, 1.165) is 5.92 Å². The van der Waals surface area contributed by atoms with E-state index in [1.165, 1.54) is 32.1 Å². The molecule has 0 aromatic heterocycles. The molecular formula is C11H18. The van der Waals surface area contributed by atoms with Crippen LogP contribution in [-0.2, 0) is 0 Å². The van der Waals surface area contributed by atoms with Crippen LogP contribution < -0.4 is 0 Å². The molecule has 1 aliphatic rings. The molecule has 0 aromatic rings. The molecule has 0 amide bonds. The SMILES string of the molecule is CC1/C=C\C=C/CCCCC1. The normalized spacial score (nSPS) is 32.6. The molecule has 0 N–H and O–H groups in total. The van der Waals surface area contributed by atoms with Gasteiger partial charge in [-0.2, -0.15) is 0 Å². The van der Waals surface area contributed by atoms with E-state index in [0.29, 0.717) is 0 Å². The van der Waals surface area contributed by atoms with E-state index >= 15 is 0 Å². The van der Waals surface area contributed by atoms with E-state index in [2.05, 4.69) is 31.2 Å². The van der Waals surface area contributed by atoms with Gasteiger partial charge < -0.3 is 0 Å². The van der Waals surface area contributed by atoms with Crippen molar-refractivity contribution in [3.05, 3.63) is 24.3 Å². The van der Waals surface area contributed by atoms with Crippen LogP contribution in [0.2, 0.25) is 0 Å². The van der Waals surface area contributed by atoms with Crippen LogP contribution in [0, 0.1) is 5.92 Å². The highest BCUT2D eigenvalue weighted by Crippen LogP contribution is 2.13. The van der Waals surface area contributed by atoms with Crippen molar-refractivity contribution in [1.29, 1.82) is 0 Å². The Morgan fingerprint density at radius 1 is 1.09 bits per heavy atom. The van der Waals surface area contributed by atoms with Crippen molar-refractivity contribution in [1.82, 2.24) is 0 Å². The van der Waals surface area contributed by atoms with Crippen LogP contribution >= 0.6 is 0 Å². The lowest BCUT2D eigenvalue weighted by molar-refractivity contribution is 0.565. The number of rotatable bonds is 0. The summed E-state index contributed by atoms with van der Waals surface area (Å²) in [5, 5.41) is 0. The van der Waals surface area contributed by atoms with Gasteiger partial charge >= 0.3 is 0 Å². The Morgan fingerprint density at radius 2 is 2.00 bits per heavy atom. The predicted molar refractivity (Wildman–Crippen MR) is 50.5 cm³/mol. The summed E-state index contributed by atoms with van der Waals surface area (Å²) in [5.74, 6) is 0.776. The van der Waals surface area contributed by atoms with E-state index in [4.69, 9.17) is 0 Å². The Hall–Kier alpha value is -0.520. The van der Waals surface area contributed by atoms with Crippen LogP contribution in [0.3, 0.4) is 0 Å². The molecule has 0 fully saturated rings. The zero-order valence-electron chi connectivity index (χ0n) is 7.42. The third-order valence-electron chi connectivity index (χ3n) is 2.22. The molecule has 0 heteroatoms. The van der Waals surface area contributed by atoms with Gasteiger partial charge in [0.05, 0.1) is 0 Å². The van der Waals surface area contributed by atoms with Crippen LogP contribution in [0.1, 0.15) is 39.0 Å². The minimum atomic E-state index is 0.776. The van der Waals surface area contributed by atoms with Gasteiger partial charge in [-0.25, -0.2) is 0 Å². The maximum Gasteiger partial charge on any atom is -0.0259 e. The van der Waals surface area contributed by atoms with E-state index in [9.17, 15) is 0 Å². The van der Waals surface area contributed by atoms with Crippen LogP contribution in [0.4, 0.5) is 0 Å². The summed E-state index contributed by atoms with van der Waals surface area (Å²) in [6, 6.07) is 0. The van der Waals surface area contributed by atoms with Crippen molar-refractivity contribution in [3.63, 3.8) is 0 Å².